The Balaban J connectivity index is 1.93. The van der Waals surface area contributed by atoms with Gasteiger partial charge in [-0.25, -0.2) is 0 Å². The van der Waals surface area contributed by atoms with E-state index in [4.69, 9.17) is 14.6 Å². The molecule has 0 radical (unpaired) electrons. The minimum absolute atomic E-state index is 0.141. The third-order valence-electron chi connectivity index (χ3n) is 3.18. The largest absolute Gasteiger partial charge is 0.481 e. The Morgan fingerprint density at radius 1 is 1.50 bits per heavy atom. The molecule has 0 aliphatic carbocycles. The van der Waals surface area contributed by atoms with Gasteiger partial charge >= 0.3 is 5.97 Å². The average molecular weight is 252 g/mol. The van der Waals surface area contributed by atoms with Gasteiger partial charge in [0, 0.05) is 5.56 Å². The second-order valence-electron chi connectivity index (χ2n) is 4.52. The van der Waals surface area contributed by atoms with E-state index in [9.17, 15) is 15.0 Å². The predicted octanol–water partition coefficient (Wildman–Crippen LogP) is -0.173. The molecule has 2 aliphatic rings. The number of epoxide rings is 1. The van der Waals surface area contributed by atoms with Crippen molar-refractivity contribution in [3.05, 3.63) is 29.3 Å². The first-order valence-electron chi connectivity index (χ1n) is 5.56. The zero-order chi connectivity index (χ0) is 12.9. The van der Waals surface area contributed by atoms with Gasteiger partial charge in [-0.3, -0.25) is 4.79 Å². The molecule has 96 valence electrons. The van der Waals surface area contributed by atoms with Crippen LogP contribution in [-0.4, -0.2) is 39.8 Å². The Bertz CT molecular complexity index is 509. The maximum Gasteiger partial charge on any atom is 0.307 e. The van der Waals surface area contributed by atoms with Crippen LogP contribution in [0.2, 0.25) is 0 Å². The van der Waals surface area contributed by atoms with Crippen LogP contribution in [0.3, 0.4) is 0 Å². The molecule has 6 heteroatoms. The van der Waals surface area contributed by atoms with Gasteiger partial charge in [0.05, 0.1) is 13.0 Å². The van der Waals surface area contributed by atoms with Gasteiger partial charge in [-0.15, -0.1) is 0 Å². The molecular weight excluding hydrogens is 240 g/mol. The normalized spacial score (nSPS) is 32.8. The van der Waals surface area contributed by atoms with Crippen LogP contribution in [-0.2, 0) is 16.0 Å². The Morgan fingerprint density at radius 3 is 2.83 bits per heavy atom. The maximum atomic E-state index is 10.6. The molecule has 6 nitrogen and oxygen atoms in total. The molecule has 1 aromatic carbocycles. The van der Waals surface area contributed by atoms with E-state index in [1.165, 1.54) is 6.07 Å². The van der Waals surface area contributed by atoms with Gasteiger partial charge in [0.1, 0.15) is 11.9 Å². The molecule has 3 N–H and O–H groups in total. The first kappa shape index (κ1) is 11.5. The summed E-state index contributed by atoms with van der Waals surface area (Å²) in [5.41, 5.74) is 0.941. The molecule has 2 heterocycles. The van der Waals surface area contributed by atoms with E-state index in [0.29, 0.717) is 23.5 Å². The third-order valence-corrected chi connectivity index (χ3v) is 3.18. The average Bonchev–Trinajstić information content (AvgIpc) is 3.10. The third kappa shape index (κ3) is 1.66. The molecule has 3 rings (SSSR count). The number of aliphatic hydroxyl groups is 2. The highest BCUT2D eigenvalue weighted by molar-refractivity contribution is 5.70. The number of aliphatic hydroxyl groups excluding tert-OH is 1. The number of ether oxygens (including phenoxy) is 2. The molecule has 2 aliphatic heterocycles. The zero-order valence-electron chi connectivity index (χ0n) is 9.37. The fraction of sp³-hybridized carbons (Fsp3) is 0.417. The highest BCUT2D eigenvalue weighted by Gasteiger charge is 2.58. The molecule has 1 saturated heterocycles. The minimum Gasteiger partial charge on any atom is -0.481 e. The van der Waals surface area contributed by atoms with Crippen LogP contribution in [0.25, 0.3) is 0 Å². The lowest BCUT2D eigenvalue weighted by Crippen LogP contribution is -2.43. The molecule has 1 aromatic rings. The highest BCUT2D eigenvalue weighted by Crippen LogP contribution is 2.47. The molecule has 0 spiro atoms. The second kappa shape index (κ2) is 3.68. The Morgan fingerprint density at radius 2 is 2.22 bits per heavy atom. The molecular formula is C12H12O6. The van der Waals surface area contributed by atoms with Crippen molar-refractivity contribution < 1.29 is 29.6 Å². The summed E-state index contributed by atoms with van der Waals surface area (Å²) < 4.78 is 10.3. The van der Waals surface area contributed by atoms with E-state index in [1.807, 2.05) is 0 Å². The van der Waals surface area contributed by atoms with Crippen molar-refractivity contribution in [2.45, 2.75) is 24.4 Å². The van der Waals surface area contributed by atoms with Crippen LogP contribution in [0, 0.1) is 0 Å². The number of hydrogen-bond acceptors (Lipinski definition) is 5. The van der Waals surface area contributed by atoms with Gasteiger partial charge in [-0.2, -0.15) is 0 Å². The fourth-order valence-electron chi connectivity index (χ4n) is 2.17. The zero-order valence-corrected chi connectivity index (χ0v) is 9.37. The number of carboxylic acids is 1. The van der Waals surface area contributed by atoms with Gasteiger partial charge in [-0.05, 0) is 17.7 Å². The van der Waals surface area contributed by atoms with Crippen LogP contribution in [0.4, 0.5) is 0 Å². The van der Waals surface area contributed by atoms with Crippen molar-refractivity contribution in [3.63, 3.8) is 0 Å². The van der Waals surface area contributed by atoms with Gasteiger partial charge in [0.15, 0.2) is 6.10 Å². The van der Waals surface area contributed by atoms with Gasteiger partial charge in [0.2, 0.25) is 0 Å². The Labute approximate surface area is 102 Å². The fourth-order valence-corrected chi connectivity index (χ4v) is 2.17. The van der Waals surface area contributed by atoms with E-state index in [1.54, 1.807) is 12.1 Å². The van der Waals surface area contributed by atoms with Crippen molar-refractivity contribution in [2.75, 3.05) is 6.61 Å². The summed E-state index contributed by atoms with van der Waals surface area (Å²) in [7, 11) is 0. The first-order valence-corrected chi connectivity index (χ1v) is 5.56. The number of carbonyl (C=O) groups is 1. The monoisotopic (exact) mass is 252 g/mol. The van der Waals surface area contributed by atoms with Gasteiger partial charge < -0.3 is 24.8 Å². The lowest BCUT2D eigenvalue weighted by atomic mass is 9.99. The maximum absolute atomic E-state index is 10.6. The lowest BCUT2D eigenvalue weighted by molar-refractivity contribution is -0.201. The molecule has 1 fully saturated rings. The predicted molar refractivity (Wildman–Crippen MR) is 58.1 cm³/mol. The summed E-state index contributed by atoms with van der Waals surface area (Å²) in [6, 6.07) is 4.69. The van der Waals surface area contributed by atoms with Gasteiger partial charge in [-0.1, -0.05) is 6.07 Å². The summed E-state index contributed by atoms with van der Waals surface area (Å²) in [6.07, 6.45) is -1.91. The number of fused-ring (bicyclic) bond motifs is 1. The number of rotatable bonds is 3. The molecule has 0 aromatic heterocycles. The summed E-state index contributed by atoms with van der Waals surface area (Å²) in [5.74, 6) is -2.36. The Hall–Kier alpha value is -1.63. The summed E-state index contributed by atoms with van der Waals surface area (Å²) in [6.45, 7) is 0.337. The van der Waals surface area contributed by atoms with E-state index < -0.39 is 24.0 Å². The summed E-state index contributed by atoms with van der Waals surface area (Å²) in [4.78, 5) is 10.6. The van der Waals surface area contributed by atoms with Gasteiger partial charge in [0.25, 0.3) is 5.79 Å². The molecule has 0 amide bonds. The second-order valence-corrected chi connectivity index (χ2v) is 4.52. The number of carboxylic acid groups (broad SMARTS) is 1. The van der Waals surface area contributed by atoms with Crippen LogP contribution in [0.15, 0.2) is 18.2 Å². The van der Waals surface area contributed by atoms with E-state index in [2.05, 4.69) is 0 Å². The van der Waals surface area contributed by atoms with Crippen LogP contribution in [0.1, 0.15) is 17.2 Å². The molecule has 0 saturated carbocycles. The quantitative estimate of drug-likeness (QED) is 0.646. The van der Waals surface area contributed by atoms with Crippen molar-refractivity contribution in [1.29, 1.82) is 0 Å². The number of aliphatic carboxylic acids is 1. The number of benzene rings is 1. The van der Waals surface area contributed by atoms with Crippen molar-refractivity contribution >= 4 is 5.97 Å². The van der Waals surface area contributed by atoms with Crippen molar-refractivity contribution in [1.82, 2.24) is 0 Å². The Kier molecular flexibility index (Phi) is 2.34. The SMILES string of the molecule is O=C(O)Cc1ccc2c(c1)C(O)C(O)(C1CO1)O2. The molecule has 18 heavy (non-hydrogen) atoms. The van der Waals surface area contributed by atoms with Crippen molar-refractivity contribution in [2.24, 2.45) is 0 Å². The minimum atomic E-state index is -1.76. The van der Waals surface area contributed by atoms with E-state index >= 15 is 0 Å². The molecule has 0 bridgehead atoms. The highest BCUT2D eigenvalue weighted by atomic mass is 16.7. The number of hydrogen-bond donors (Lipinski definition) is 3. The van der Waals surface area contributed by atoms with E-state index in [-0.39, 0.29) is 6.42 Å². The van der Waals surface area contributed by atoms with Crippen LogP contribution in [0.5, 0.6) is 5.75 Å². The van der Waals surface area contributed by atoms with E-state index in [0.717, 1.165) is 0 Å². The summed E-state index contributed by atoms with van der Waals surface area (Å²) in [5, 5.41) is 29.0. The summed E-state index contributed by atoms with van der Waals surface area (Å²) >= 11 is 0. The standard InChI is InChI=1S/C12H12O6/c13-10(14)4-6-1-2-8-7(3-6)11(15)12(16,18-8)9-5-17-9/h1-3,9,11,15-16H,4-5H2,(H,13,14). The topological polar surface area (TPSA) is 99.5 Å². The lowest BCUT2D eigenvalue weighted by Gasteiger charge is -2.23. The molecule has 3 atom stereocenters. The van der Waals surface area contributed by atoms with Crippen molar-refractivity contribution in [3.8, 4) is 5.75 Å². The molecule has 3 unspecified atom stereocenters. The van der Waals surface area contributed by atoms with Crippen LogP contribution >= 0.6 is 0 Å². The van der Waals surface area contributed by atoms with Crippen LogP contribution < -0.4 is 4.74 Å². The smallest absolute Gasteiger partial charge is 0.307 e. The first-order chi connectivity index (χ1) is 8.50.